The lowest BCUT2D eigenvalue weighted by atomic mass is 10.4. The number of nitrogens with zero attached hydrogens (tertiary/aromatic N) is 1. The van der Waals surface area contributed by atoms with E-state index in [1.165, 1.54) is 4.31 Å². The highest BCUT2D eigenvalue weighted by molar-refractivity contribution is 7.89. The summed E-state index contributed by atoms with van der Waals surface area (Å²) < 4.78 is 24.4. The summed E-state index contributed by atoms with van der Waals surface area (Å²) in [4.78, 5) is 0. The molecular weight excluding hydrogens is 202 g/mol. The maximum Gasteiger partial charge on any atom is 0.214 e. The van der Waals surface area contributed by atoms with E-state index >= 15 is 0 Å². The van der Waals surface area contributed by atoms with Gasteiger partial charge in [-0.25, -0.2) is 8.42 Å². The molecule has 0 aromatic rings. The molecule has 0 saturated heterocycles. The van der Waals surface area contributed by atoms with Crippen LogP contribution in [0.1, 0.15) is 19.8 Å². The molecule has 0 rings (SSSR count). The summed E-state index contributed by atoms with van der Waals surface area (Å²) in [6.45, 7) is 2.29. The Bertz CT molecular complexity index is 279. The third kappa shape index (κ3) is 4.61. The Labute approximate surface area is 86.0 Å². The molecule has 0 spiro atoms. The number of unbranched alkanes of at least 4 members (excludes halogenated alkanes) is 1. The number of terminal acetylenes is 1. The Morgan fingerprint density at radius 3 is 2.50 bits per heavy atom. The molecule has 0 aliphatic heterocycles. The predicted octanol–water partition coefficient (Wildman–Crippen LogP) is 0.0438. The summed E-state index contributed by atoms with van der Waals surface area (Å²) in [5.41, 5.74) is 0. The average molecular weight is 219 g/mol. The molecule has 0 amide bonds. The Morgan fingerprint density at radius 1 is 1.43 bits per heavy atom. The number of hydrogen-bond donors (Lipinski definition) is 1. The highest BCUT2D eigenvalue weighted by Crippen LogP contribution is 2.03. The lowest BCUT2D eigenvalue weighted by Gasteiger charge is -2.17. The van der Waals surface area contributed by atoms with Crippen molar-refractivity contribution >= 4 is 10.0 Å². The molecule has 0 aromatic heterocycles. The van der Waals surface area contributed by atoms with Crippen molar-refractivity contribution in [3.8, 4) is 12.3 Å². The number of rotatable bonds is 7. The van der Waals surface area contributed by atoms with Crippen LogP contribution in [-0.4, -0.2) is 43.3 Å². The molecule has 0 radical (unpaired) electrons. The van der Waals surface area contributed by atoms with E-state index < -0.39 is 10.0 Å². The summed E-state index contributed by atoms with van der Waals surface area (Å²) in [5, 5.41) is 8.52. The fraction of sp³-hybridized carbons (Fsp3) is 0.778. The minimum atomic E-state index is -3.23. The van der Waals surface area contributed by atoms with Crippen LogP contribution in [0.25, 0.3) is 0 Å². The van der Waals surface area contributed by atoms with Gasteiger partial charge in [0.1, 0.15) is 0 Å². The van der Waals surface area contributed by atoms with E-state index in [9.17, 15) is 8.42 Å². The second-order valence-electron chi connectivity index (χ2n) is 2.88. The first-order valence-corrected chi connectivity index (χ1v) is 6.21. The van der Waals surface area contributed by atoms with Crippen LogP contribution in [0.5, 0.6) is 0 Å². The average Bonchev–Trinajstić information content (AvgIpc) is 2.14. The Hall–Kier alpha value is -0.570. The molecule has 14 heavy (non-hydrogen) atoms. The van der Waals surface area contributed by atoms with E-state index in [-0.39, 0.29) is 18.9 Å². The number of aliphatic hydroxyl groups is 1. The van der Waals surface area contributed by atoms with Gasteiger partial charge >= 0.3 is 0 Å². The second-order valence-corrected chi connectivity index (χ2v) is 4.97. The van der Waals surface area contributed by atoms with Crippen LogP contribution in [0.2, 0.25) is 0 Å². The van der Waals surface area contributed by atoms with Crippen molar-refractivity contribution in [1.82, 2.24) is 4.31 Å². The zero-order valence-electron chi connectivity index (χ0n) is 8.44. The first kappa shape index (κ1) is 13.4. The van der Waals surface area contributed by atoms with Crippen LogP contribution in [0.4, 0.5) is 0 Å². The van der Waals surface area contributed by atoms with Crippen molar-refractivity contribution in [3.05, 3.63) is 0 Å². The van der Waals surface area contributed by atoms with E-state index in [1.807, 2.05) is 0 Å². The predicted molar refractivity (Wildman–Crippen MR) is 56.2 cm³/mol. The van der Waals surface area contributed by atoms with Gasteiger partial charge < -0.3 is 5.11 Å². The van der Waals surface area contributed by atoms with Crippen LogP contribution < -0.4 is 0 Å². The lowest BCUT2D eigenvalue weighted by Crippen LogP contribution is -2.33. The van der Waals surface area contributed by atoms with Crippen molar-refractivity contribution < 1.29 is 13.5 Å². The molecule has 0 bridgehead atoms. The standard InChI is InChI=1S/C9H17NO3S/c1-3-7-10(4-2)14(12,13)9-6-5-8-11/h1,11H,4-9H2,2H3. The first-order valence-electron chi connectivity index (χ1n) is 4.60. The number of hydrogen-bond acceptors (Lipinski definition) is 3. The molecule has 4 nitrogen and oxygen atoms in total. The van der Waals surface area contributed by atoms with E-state index in [0.717, 1.165) is 0 Å². The van der Waals surface area contributed by atoms with Gasteiger partial charge in [-0.2, -0.15) is 4.31 Å². The van der Waals surface area contributed by atoms with Crippen LogP contribution in [0.15, 0.2) is 0 Å². The van der Waals surface area contributed by atoms with Gasteiger partial charge in [0, 0.05) is 13.2 Å². The molecule has 0 aliphatic carbocycles. The summed E-state index contributed by atoms with van der Waals surface area (Å²) in [7, 11) is -3.23. The summed E-state index contributed by atoms with van der Waals surface area (Å²) in [5.74, 6) is 2.37. The lowest BCUT2D eigenvalue weighted by molar-refractivity contribution is 0.287. The molecule has 0 unspecified atom stereocenters. The molecule has 0 fully saturated rings. The van der Waals surface area contributed by atoms with Crippen molar-refractivity contribution in [2.45, 2.75) is 19.8 Å². The normalized spacial score (nSPS) is 11.6. The molecule has 0 atom stereocenters. The summed E-state index contributed by atoms with van der Waals surface area (Å²) in [6.07, 6.45) is 6.04. The topological polar surface area (TPSA) is 57.6 Å². The van der Waals surface area contributed by atoms with E-state index in [1.54, 1.807) is 6.92 Å². The van der Waals surface area contributed by atoms with Gasteiger partial charge in [0.15, 0.2) is 0 Å². The van der Waals surface area contributed by atoms with Crippen molar-refractivity contribution in [1.29, 1.82) is 0 Å². The number of aliphatic hydroxyl groups excluding tert-OH is 1. The van der Waals surface area contributed by atoms with Gasteiger partial charge in [0.05, 0.1) is 12.3 Å². The first-order chi connectivity index (χ1) is 6.58. The van der Waals surface area contributed by atoms with Gasteiger partial charge in [-0.15, -0.1) is 6.42 Å². The molecule has 0 aromatic carbocycles. The van der Waals surface area contributed by atoms with Gasteiger partial charge in [0.25, 0.3) is 0 Å². The molecule has 5 heteroatoms. The third-order valence-electron chi connectivity index (χ3n) is 1.82. The SMILES string of the molecule is C#CCN(CC)S(=O)(=O)CCCCO. The summed E-state index contributed by atoms with van der Waals surface area (Å²) in [6, 6.07) is 0. The third-order valence-corrected chi connectivity index (χ3v) is 3.80. The fourth-order valence-electron chi connectivity index (χ4n) is 1.03. The molecule has 82 valence electrons. The zero-order valence-corrected chi connectivity index (χ0v) is 9.26. The van der Waals surface area contributed by atoms with E-state index in [2.05, 4.69) is 5.92 Å². The molecule has 0 aliphatic rings. The monoisotopic (exact) mass is 219 g/mol. The highest BCUT2D eigenvalue weighted by Gasteiger charge is 2.18. The number of sulfonamides is 1. The van der Waals surface area contributed by atoms with Crippen molar-refractivity contribution in [2.75, 3.05) is 25.4 Å². The van der Waals surface area contributed by atoms with Gasteiger partial charge in [-0.3, -0.25) is 0 Å². The maximum absolute atomic E-state index is 11.6. The Morgan fingerprint density at radius 2 is 2.07 bits per heavy atom. The van der Waals surface area contributed by atoms with Crippen molar-refractivity contribution in [3.63, 3.8) is 0 Å². The van der Waals surface area contributed by atoms with E-state index in [4.69, 9.17) is 11.5 Å². The second kappa shape index (κ2) is 6.82. The minimum Gasteiger partial charge on any atom is -0.396 e. The maximum atomic E-state index is 11.6. The highest BCUT2D eigenvalue weighted by atomic mass is 32.2. The Kier molecular flexibility index (Phi) is 6.54. The van der Waals surface area contributed by atoms with Crippen molar-refractivity contribution in [2.24, 2.45) is 0 Å². The summed E-state index contributed by atoms with van der Waals surface area (Å²) >= 11 is 0. The fourth-order valence-corrected chi connectivity index (χ4v) is 2.53. The van der Waals surface area contributed by atoms with Crippen LogP contribution in [0, 0.1) is 12.3 Å². The molecular formula is C9H17NO3S. The quantitative estimate of drug-likeness (QED) is 0.486. The van der Waals surface area contributed by atoms with Gasteiger partial charge in [-0.1, -0.05) is 12.8 Å². The Balaban J connectivity index is 4.21. The van der Waals surface area contributed by atoms with Gasteiger partial charge in [0.2, 0.25) is 10.0 Å². The largest absolute Gasteiger partial charge is 0.396 e. The molecule has 1 N–H and O–H groups in total. The van der Waals surface area contributed by atoms with Crippen LogP contribution >= 0.6 is 0 Å². The van der Waals surface area contributed by atoms with Crippen LogP contribution in [-0.2, 0) is 10.0 Å². The smallest absolute Gasteiger partial charge is 0.214 e. The van der Waals surface area contributed by atoms with Gasteiger partial charge in [-0.05, 0) is 12.8 Å². The van der Waals surface area contributed by atoms with Crippen LogP contribution in [0.3, 0.4) is 0 Å². The zero-order chi connectivity index (χ0) is 11.0. The molecule has 0 heterocycles. The minimum absolute atomic E-state index is 0.0246. The van der Waals surface area contributed by atoms with E-state index in [0.29, 0.717) is 19.4 Å². The molecule has 0 saturated carbocycles.